The molecule has 1 aromatic rings. The maximum absolute atomic E-state index is 12.3. The second-order valence-electron chi connectivity index (χ2n) is 5.09. The zero-order valence-corrected chi connectivity index (χ0v) is 14.7. The Morgan fingerprint density at radius 3 is 2.71 bits per heavy atom. The number of halogens is 1. The van der Waals surface area contributed by atoms with Crippen LogP contribution in [0.15, 0.2) is 0 Å². The molecular formula is C15H20BrNO3S. The number of carbonyl (C=O) groups excluding carboxylic acids is 2. The van der Waals surface area contributed by atoms with Crippen LogP contribution in [0, 0.1) is 0 Å². The highest BCUT2D eigenvalue weighted by molar-refractivity contribution is 9.10. The minimum absolute atomic E-state index is 0.142. The van der Waals surface area contributed by atoms with E-state index in [1.165, 1.54) is 22.6 Å². The highest BCUT2D eigenvalue weighted by Gasteiger charge is 2.27. The number of hydrogen-bond donors (Lipinski definition) is 1. The largest absolute Gasteiger partial charge is 0.462 e. The summed E-state index contributed by atoms with van der Waals surface area (Å²) in [5.74, 6) is -0.466. The summed E-state index contributed by atoms with van der Waals surface area (Å²) < 4.78 is 5.18. The van der Waals surface area contributed by atoms with Crippen molar-refractivity contribution in [2.24, 2.45) is 0 Å². The Balaban J connectivity index is 2.38. The predicted molar refractivity (Wildman–Crippen MR) is 88.6 cm³/mol. The third-order valence-corrected chi connectivity index (χ3v) is 5.12. The summed E-state index contributed by atoms with van der Waals surface area (Å²) in [4.78, 5) is 25.1. The molecule has 1 amide bonds. The van der Waals surface area contributed by atoms with Crippen LogP contribution in [0.3, 0.4) is 0 Å². The van der Waals surface area contributed by atoms with Crippen LogP contribution in [0.25, 0.3) is 0 Å². The first kappa shape index (κ1) is 16.5. The van der Waals surface area contributed by atoms with E-state index in [0.29, 0.717) is 17.2 Å². The van der Waals surface area contributed by atoms with Crippen LogP contribution in [-0.2, 0) is 22.4 Å². The van der Waals surface area contributed by atoms with E-state index in [2.05, 4.69) is 21.2 Å². The minimum atomic E-state index is -0.325. The zero-order valence-electron chi connectivity index (χ0n) is 12.3. The minimum Gasteiger partial charge on any atom is -0.462 e. The van der Waals surface area contributed by atoms with Crippen LogP contribution in [-0.4, -0.2) is 23.3 Å². The van der Waals surface area contributed by atoms with Crippen LogP contribution in [0.5, 0.6) is 0 Å². The average Bonchev–Trinajstić information content (AvgIpc) is 2.61. The first-order valence-electron chi connectivity index (χ1n) is 7.31. The number of amides is 1. The molecule has 0 bridgehead atoms. The zero-order chi connectivity index (χ0) is 15.4. The molecule has 1 aromatic heterocycles. The molecule has 1 aliphatic rings. The molecule has 4 nitrogen and oxygen atoms in total. The summed E-state index contributed by atoms with van der Waals surface area (Å²) >= 11 is 4.77. The number of fused-ring (bicyclic) bond motifs is 1. The van der Waals surface area contributed by atoms with Crippen molar-refractivity contribution in [1.29, 1.82) is 0 Å². The van der Waals surface area contributed by atoms with Crippen molar-refractivity contribution in [2.45, 2.75) is 50.8 Å². The Labute approximate surface area is 137 Å². The molecule has 6 heteroatoms. The van der Waals surface area contributed by atoms with Gasteiger partial charge in [-0.2, -0.15) is 0 Å². The molecule has 0 aliphatic heterocycles. The predicted octanol–water partition coefficient (Wildman–Crippen LogP) is 3.92. The van der Waals surface area contributed by atoms with E-state index in [9.17, 15) is 9.59 Å². The first-order chi connectivity index (χ1) is 10.0. The molecule has 1 N–H and O–H groups in total. The Bertz CT molecular complexity index is 539. The second-order valence-corrected chi connectivity index (χ2v) is 7.57. The normalized spacial score (nSPS) is 15.8. The van der Waals surface area contributed by atoms with Crippen LogP contribution in [0.2, 0.25) is 0 Å². The summed E-state index contributed by atoms with van der Waals surface area (Å²) in [5.41, 5.74) is 1.65. The molecule has 0 fully saturated rings. The Morgan fingerprint density at radius 2 is 2.05 bits per heavy atom. The van der Waals surface area contributed by atoms with Crippen LogP contribution in [0.1, 0.15) is 53.9 Å². The van der Waals surface area contributed by atoms with E-state index in [0.717, 1.165) is 31.2 Å². The fourth-order valence-corrected chi connectivity index (χ4v) is 3.86. The van der Waals surface area contributed by atoms with Gasteiger partial charge in [0.1, 0.15) is 5.00 Å². The number of carbonyl (C=O) groups is 2. The molecule has 1 heterocycles. The van der Waals surface area contributed by atoms with Gasteiger partial charge in [-0.05, 0) is 45.1 Å². The summed E-state index contributed by atoms with van der Waals surface area (Å²) in [6.07, 6.45) is 5.27. The van der Waals surface area contributed by atoms with E-state index in [-0.39, 0.29) is 16.7 Å². The molecular weight excluding hydrogens is 354 g/mol. The average molecular weight is 374 g/mol. The number of hydrogen-bond acceptors (Lipinski definition) is 4. The van der Waals surface area contributed by atoms with Gasteiger partial charge in [0.25, 0.3) is 0 Å². The third kappa shape index (κ3) is 3.86. The lowest BCUT2D eigenvalue weighted by Gasteiger charge is -2.09. The van der Waals surface area contributed by atoms with Crippen LogP contribution in [0.4, 0.5) is 5.00 Å². The second kappa shape index (κ2) is 7.40. The molecule has 0 spiro atoms. The van der Waals surface area contributed by atoms with E-state index in [1.54, 1.807) is 13.8 Å². The van der Waals surface area contributed by atoms with Crippen molar-refractivity contribution in [3.8, 4) is 0 Å². The monoisotopic (exact) mass is 373 g/mol. The van der Waals surface area contributed by atoms with Gasteiger partial charge < -0.3 is 10.1 Å². The van der Waals surface area contributed by atoms with Crippen molar-refractivity contribution in [3.63, 3.8) is 0 Å². The molecule has 2 rings (SSSR count). The maximum Gasteiger partial charge on any atom is 0.341 e. The SMILES string of the molecule is CCOC(=O)c1c(NC(=O)C(C)Br)sc2c1CCCCC2. The van der Waals surface area contributed by atoms with Gasteiger partial charge in [-0.25, -0.2) is 4.79 Å². The van der Waals surface area contributed by atoms with E-state index >= 15 is 0 Å². The lowest BCUT2D eigenvalue weighted by molar-refractivity contribution is -0.115. The van der Waals surface area contributed by atoms with Crippen molar-refractivity contribution in [2.75, 3.05) is 11.9 Å². The molecule has 0 saturated carbocycles. The highest BCUT2D eigenvalue weighted by atomic mass is 79.9. The van der Waals surface area contributed by atoms with Gasteiger partial charge in [0, 0.05) is 4.88 Å². The van der Waals surface area contributed by atoms with Crippen molar-refractivity contribution in [3.05, 3.63) is 16.0 Å². The summed E-state index contributed by atoms with van der Waals surface area (Å²) in [5, 5.41) is 3.49. The summed E-state index contributed by atoms with van der Waals surface area (Å²) in [6, 6.07) is 0. The number of aryl methyl sites for hydroxylation is 1. The molecule has 21 heavy (non-hydrogen) atoms. The van der Waals surface area contributed by atoms with Gasteiger partial charge in [-0.3, -0.25) is 4.79 Å². The number of esters is 1. The fourth-order valence-electron chi connectivity index (χ4n) is 2.46. The van der Waals surface area contributed by atoms with Crippen molar-refractivity contribution >= 4 is 44.1 Å². The topological polar surface area (TPSA) is 55.4 Å². The van der Waals surface area contributed by atoms with Crippen molar-refractivity contribution < 1.29 is 14.3 Å². The number of thiophene rings is 1. The van der Waals surface area contributed by atoms with E-state index in [4.69, 9.17) is 4.74 Å². The van der Waals surface area contributed by atoms with E-state index in [1.807, 2.05) is 0 Å². The molecule has 1 unspecified atom stereocenters. The maximum atomic E-state index is 12.3. The lowest BCUT2D eigenvalue weighted by Crippen LogP contribution is -2.21. The Hall–Kier alpha value is -0.880. The number of ether oxygens (including phenoxy) is 1. The highest BCUT2D eigenvalue weighted by Crippen LogP contribution is 2.38. The fraction of sp³-hybridized carbons (Fsp3) is 0.600. The third-order valence-electron chi connectivity index (χ3n) is 3.50. The van der Waals surface area contributed by atoms with Crippen LogP contribution < -0.4 is 5.32 Å². The van der Waals surface area contributed by atoms with Crippen molar-refractivity contribution in [1.82, 2.24) is 0 Å². The molecule has 0 saturated heterocycles. The van der Waals surface area contributed by atoms with Gasteiger partial charge in [-0.15, -0.1) is 11.3 Å². The molecule has 1 atom stereocenters. The van der Waals surface area contributed by atoms with Gasteiger partial charge in [0.15, 0.2) is 0 Å². The smallest absolute Gasteiger partial charge is 0.341 e. The molecule has 116 valence electrons. The Kier molecular flexibility index (Phi) is 5.81. The number of nitrogens with one attached hydrogen (secondary N) is 1. The first-order valence-corrected chi connectivity index (χ1v) is 9.04. The summed E-state index contributed by atoms with van der Waals surface area (Å²) in [6.45, 7) is 3.89. The quantitative estimate of drug-likeness (QED) is 0.494. The number of rotatable bonds is 4. The summed E-state index contributed by atoms with van der Waals surface area (Å²) in [7, 11) is 0. The molecule has 0 radical (unpaired) electrons. The van der Waals surface area contributed by atoms with Crippen LogP contribution >= 0.6 is 27.3 Å². The number of anilines is 1. The number of alkyl halides is 1. The lowest BCUT2D eigenvalue weighted by atomic mass is 10.1. The van der Waals surface area contributed by atoms with Gasteiger partial charge in [0.05, 0.1) is 17.0 Å². The van der Waals surface area contributed by atoms with Gasteiger partial charge in [0.2, 0.25) is 5.91 Å². The van der Waals surface area contributed by atoms with Gasteiger partial charge >= 0.3 is 5.97 Å². The molecule has 0 aromatic carbocycles. The van der Waals surface area contributed by atoms with E-state index < -0.39 is 0 Å². The van der Waals surface area contributed by atoms with Gasteiger partial charge in [-0.1, -0.05) is 22.4 Å². The Morgan fingerprint density at radius 1 is 1.33 bits per heavy atom. The molecule has 1 aliphatic carbocycles. The standard InChI is InChI=1S/C15H20BrNO3S/c1-3-20-15(19)12-10-7-5-4-6-8-11(10)21-14(12)17-13(18)9(2)16/h9H,3-8H2,1-2H3,(H,17,18).